The van der Waals surface area contributed by atoms with E-state index in [0.717, 1.165) is 39.2 Å². The van der Waals surface area contributed by atoms with Crippen molar-refractivity contribution in [3.63, 3.8) is 0 Å². The maximum absolute atomic E-state index is 5.44. The SMILES string of the molecule is CCOc1ccc(/C=N/Nc2cc(C)nc3c(C)cccc23)cc1. The molecule has 0 radical (unpaired) electrons. The Morgan fingerprint density at radius 2 is 1.92 bits per heavy atom. The molecule has 1 heterocycles. The maximum Gasteiger partial charge on any atom is 0.119 e. The van der Waals surface area contributed by atoms with Crippen LogP contribution in [0.15, 0.2) is 53.6 Å². The third-order valence-corrected chi connectivity index (χ3v) is 3.76. The van der Waals surface area contributed by atoms with E-state index in [1.165, 1.54) is 0 Å². The van der Waals surface area contributed by atoms with Crippen molar-refractivity contribution in [3.05, 3.63) is 65.4 Å². The van der Waals surface area contributed by atoms with Crippen LogP contribution in [0.25, 0.3) is 10.9 Å². The first-order chi connectivity index (χ1) is 11.7. The number of benzene rings is 2. The Labute approximate surface area is 142 Å². The van der Waals surface area contributed by atoms with Crippen molar-refractivity contribution < 1.29 is 4.74 Å². The summed E-state index contributed by atoms with van der Waals surface area (Å²) in [5.74, 6) is 0.869. The van der Waals surface area contributed by atoms with Gasteiger partial charge in [0.25, 0.3) is 0 Å². The standard InChI is InChI=1S/C20H21N3O/c1-4-24-17-10-8-16(9-11-17)13-21-23-19-12-15(3)22-20-14(2)6-5-7-18(19)20/h5-13H,4H2,1-3H3,(H,22,23)/b21-13+. The Balaban J connectivity index is 1.81. The number of nitrogens with zero attached hydrogens (tertiary/aromatic N) is 2. The predicted octanol–water partition coefficient (Wildman–Crippen LogP) is 4.70. The largest absolute Gasteiger partial charge is 0.494 e. The Morgan fingerprint density at radius 1 is 1.12 bits per heavy atom. The highest BCUT2D eigenvalue weighted by atomic mass is 16.5. The van der Waals surface area contributed by atoms with Gasteiger partial charge in [-0.15, -0.1) is 0 Å². The molecule has 0 atom stereocenters. The van der Waals surface area contributed by atoms with E-state index in [-0.39, 0.29) is 0 Å². The summed E-state index contributed by atoms with van der Waals surface area (Å²) in [6, 6.07) is 16.0. The fraction of sp³-hybridized carbons (Fsp3) is 0.200. The molecule has 1 aromatic heterocycles. The lowest BCUT2D eigenvalue weighted by atomic mass is 10.1. The van der Waals surface area contributed by atoms with Crippen LogP contribution in [-0.4, -0.2) is 17.8 Å². The monoisotopic (exact) mass is 319 g/mol. The highest BCUT2D eigenvalue weighted by molar-refractivity contribution is 5.93. The fourth-order valence-electron chi connectivity index (χ4n) is 2.61. The van der Waals surface area contributed by atoms with Gasteiger partial charge in [-0.1, -0.05) is 18.2 Å². The number of rotatable bonds is 5. The lowest BCUT2D eigenvalue weighted by Gasteiger charge is -2.09. The topological polar surface area (TPSA) is 46.5 Å². The third kappa shape index (κ3) is 3.54. The Kier molecular flexibility index (Phi) is 4.75. The number of ether oxygens (including phenoxy) is 1. The minimum Gasteiger partial charge on any atom is -0.494 e. The molecule has 0 amide bonds. The first-order valence-electron chi connectivity index (χ1n) is 8.06. The molecule has 3 aromatic rings. The number of nitrogens with one attached hydrogen (secondary N) is 1. The van der Waals surface area contributed by atoms with Gasteiger partial charge in [-0.2, -0.15) is 5.10 Å². The van der Waals surface area contributed by atoms with Gasteiger partial charge in [0.05, 0.1) is 24.0 Å². The summed E-state index contributed by atoms with van der Waals surface area (Å²) in [4.78, 5) is 4.62. The van der Waals surface area contributed by atoms with Crippen LogP contribution in [0.2, 0.25) is 0 Å². The molecule has 24 heavy (non-hydrogen) atoms. The average Bonchev–Trinajstić information content (AvgIpc) is 2.58. The molecule has 3 rings (SSSR count). The number of aryl methyl sites for hydroxylation is 2. The number of aromatic nitrogens is 1. The van der Waals surface area contributed by atoms with Gasteiger partial charge >= 0.3 is 0 Å². The molecule has 0 aliphatic heterocycles. The van der Waals surface area contributed by atoms with E-state index < -0.39 is 0 Å². The van der Waals surface area contributed by atoms with Gasteiger partial charge in [0.15, 0.2) is 0 Å². The molecule has 0 fully saturated rings. The minimum absolute atomic E-state index is 0.670. The number of anilines is 1. The van der Waals surface area contributed by atoms with Crippen LogP contribution in [0.4, 0.5) is 5.69 Å². The van der Waals surface area contributed by atoms with E-state index >= 15 is 0 Å². The summed E-state index contributed by atoms with van der Waals surface area (Å²) in [7, 11) is 0. The first-order valence-corrected chi connectivity index (χ1v) is 8.06. The molecule has 0 saturated heterocycles. The number of hydrazone groups is 1. The van der Waals surface area contributed by atoms with Gasteiger partial charge < -0.3 is 4.74 Å². The Morgan fingerprint density at radius 3 is 2.67 bits per heavy atom. The second kappa shape index (κ2) is 7.13. The van der Waals surface area contributed by atoms with Crippen LogP contribution in [0.1, 0.15) is 23.7 Å². The zero-order valence-corrected chi connectivity index (χ0v) is 14.2. The minimum atomic E-state index is 0.670. The van der Waals surface area contributed by atoms with Crippen LogP contribution in [-0.2, 0) is 0 Å². The molecule has 2 aromatic carbocycles. The number of pyridine rings is 1. The smallest absolute Gasteiger partial charge is 0.119 e. The molecule has 0 spiro atoms. The third-order valence-electron chi connectivity index (χ3n) is 3.76. The quantitative estimate of drug-likeness (QED) is 0.548. The van der Waals surface area contributed by atoms with Crippen LogP contribution in [0.5, 0.6) is 5.75 Å². The van der Waals surface area contributed by atoms with Gasteiger partial charge in [0.1, 0.15) is 5.75 Å². The molecular weight excluding hydrogens is 298 g/mol. The molecule has 0 saturated carbocycles. The van der Waals surface area contributed by atoms with Crippen molar-refractivity contribution in [1.29, 1.82) is 0 Å². The summed E-state index contributed by atoms with van der Waals surface area (Å²) >= 11 is 0. The predicted molar refractivity (Wildman–Crippen MR) is 100 cm³/mol. The van der Waals surface area contributed by atoms with Crippen LogP contribution in [0.3, 0.4) is 0 Å². The van der Waals surface area contributed by atoms with Crippen molar-refractivity contribution in [2.24, 2.45) is 5.10 Å². The van der Waals surface area contributed by atoms with Gasteiger partial charge in [-0.3, -0.25) is 10.4 Å². The van der Waals surface area contributed by atoms with Crippen molar-refractivity contribution in [2.75, 3.05) is 12.0 Å². The zero-order chi connectivity index (χ0) is 16.9. The summed E-state index contributed by atoms with van der Waals surface area (Å²) in [6.45, 7) is 6.71. The summed E-state index contributed by atoms with van der Waals surface area (Å²) in [5, 5.41) is 5.44. The van der Waals surface area contributed by atoms with E-state index in [9.17, 15) is 0 Å². The maximum atomic E-state index is 5.44. The summed E-state index contributed by atoms with van der Waals surface area (Å²) in [6.07, 6.45) is 1.80. The molecule has 0 bridgehead atoms. The van der Waals surface area contributed by atoms with Gasteiger partial charge in [0.2, 0.25) is 0 Å². The van der Waals surface area contributed by atoms with Gasteiger partial charge in [-0.25, -0.2) is 0 Å². The summed E-state index contributed by atoms with van der Waals surface area (Å²) in [5.41, 5.74) is 8.26. The number of para-hydroxylation sites is 1. The van der Waals surface area contributed by atoms with Crippen molar-refractivity contribution in [3.8, 4) is 5.75 Å². The molecule has 4 heteroatoms. The van der Waals surface area contributed by atoms with E-state index in [1.807, 2.05) is 50.2 Å². The zero-order valence-electron chi connectivity index (χ0n) is 14.2. The second-order valence-corrected chi connectivity index (χ2v) is 5.65. The molecule has 4 nitrogen and oxygen atoms in total. The van der Waals surface area contributed by atoms with Crippen molar-refractivity contribution >= 4 is 22.8 Å². The van der Waals surface area contributed by atoms with E-state index in [1.54, 1.807) is 6.21 Å². The highest BCUT2D eigenvalue weighted by Gasteiger charge is 2.05. The number of hydrogen-bond acceptors (Lipinski definition) is 4. The Hall–Kier alpha value is -2.88. The normalized spacial score (nSPS) is 11.1. The fourth-order valence-corrected chi connectivity index (χ4v) is 2.61. The highest BCUT2D eigenvalue weighted by Crippen LogP contribution is 2.25. The summed E-state index contributed by atoms with van der Waals surface area (Å²) < 4.78 is 5.44. The second-order valence-electron chi connectivity index (χ2n) is 5.65. The van der Waals surface area contributed by atoms with Crippen molar-refractivity contribution in [1.82, 2.24) is 4.98 Å². The number of hydrogen-bond donors (Lipinski definition) is 1. The van der Waals surface area contributed by atoms with Crippen molar-refractivity contribution in [2.45, 2.75) is 20.8 Å². The first kappa shape index (κ1) is 16.0. The average molecular weight is 319 g/mol. The molecule has 0 aliphatic carbocycles. The molecule has 1 N–H and O–H groups in total. The van der Waals surface area contributed by atoms with Gasteiger partial charge in [0, 0.05) is 11.1 Å². The van der Waals surface area contributed by atoms with Gasteiger partial charge in [-0.05, 0) is 62.2 Å². The molecule has 0 aliphatic rings. The lowest BCUT2D eigenvalue weighted by molar-refractivity contribution is 0.340. The van der Waals surface area contributed by atoms with E-state index in [2.05, 4.69) is 34.6 Å². The lowest BCUT2D eigenvalue weighted by Crippen LogP contribution is -1.96. The number of fused-ring (bicyclic) bond motifs is 1. The van der Waals surface area contributed by atoms with Crippen LogP contribution >= 0.6 is 0 Å². The molecule has 0 unspecified atom stereocenters. The van der Waals surface area contributed by atoms with Crippen LogP contribution < -0.4 is 10.2 Å². The van der Waals surface area contributed by atoms with E-state index in [0.29, 0.717) is 6.61 Å². The van der Waals surface area contributed by atoms with E-state index in [4.69, 9.17) is 4.74 Å². The molecule has 122 valence electrons. The van der Waals surface area contributed by atoms with Crippen LogP contribution in [0, 0.1) is 13.8 Å². The Bertz CT molecular complexity index is 870. The molecular formula is C20H21N3O.